The lowest BCUT2D eigenvalue weighted by Crippen LogP contribution is -2.54. The van der Waals surface area contributed by atoms with Crippen molar-refractivity contribution >= 4 is 41.4 Å². The number of carboxylic acids is 1. The van der Waals surface area contributed by atoms with E-state index in [0.29, 0.717) is 0 Å². The molecule has 15 nitrogen and oxygen atoms in total. The first-order valence-electron chi connectivity index (χ1n) is 8.07. The molecule has 0 spiro atoms. The van der Waals surface area contributed by atoms with Gasteiger partial charge in [0.2, 0.25) is 35.4 Å². The number of amides is 6. The summed E-state index contributed by atoms with van der Waals surface area (Å²) in [5, 5.41) is 16.7. The summed E-state index contributed by atoms with van der Waals surface area (Å²) in [5.74, 6) is -6.53. The molecule has 0 bridgehead atoms. The summed E-state index contributed by atoms with van der Waals surface area (Å²) < 4.78 is 0. The van der Waals surface area contributed by atoms with E-state index in [-0.39, 0.29) is 0 Å². The summed E-state index contributed by atoms with van der Waals surface area (Å²) in [6, 6.07) is -2.83. The summed E-state index contributed by atoms with van der Waals surface area (Å²) in [7, 11) is 0. The van der Waals surface area contributed by atoms with Gasteiger partial charge in [-0.05, 0) is 0 Å². The molecule has 162 valence electrons. The van der Waals surface area contributed by atoms with E-state index in [0.717, 1.165) is 0 Å². The van der Waals surface area contributed by atoms with Gasteiger partial charge in [0.05, 0.1) is 32.0 Å². The van der Waals surface area contributed by atoms with Crippen LogP contribution in [-0.2, 0) is 33.6 Å². The molecule has 0 aliphatic heterocycles. The molecule has 6 amide bonds. The van der Waals surface area contributed by atoms with Crippen LogP contribution in [0.3, 0.4) is 0 Å². The Morgan fingerprint density at radius 2 is 1.21 bits per heavy atom. The molecule has 11 N–H and O–H groups in total. The highest BCUT2D eigenvalue weighted by molar-refractivity contribution is 5.96. The van der Waals surface area contributed by atoms with Crippen LogP contribution >= 0.6 is 0 Å². The van der Waals surface area contributed by atoms with Crippen LogP contribution in [0.1, 0.15) is 12.8 Å². The van der Waals surface area contributed by atoms with Crippen LogP contribution in [0.25, 0.3) is 0 Å². The van der Waals surface area contributed by atoms with Gasteiger partial charge in [0, 0.05) is 0 Å². The van der Waals surface area contributed by atoms with Crippen LogP contribution in [-0.4, -0.2) is 78.2 Å². The second-order valence-corrected chi connectivity index (χ2v) is 5.67. The molecule has 0 rings (SSSR count). The Labute approximate surface area is 164 Å². The van der Waals surface area contributed by atoms with Crippen LogP contribution in [0.2, 0.25) is 0 Å². The molecule has 0 aromatic heterocycles. The van der Waals surface area contributed by atoms with Crippen molar-refractivity contribution in [2.75, 3.05) is 19.6 Å². The maximum atomic E-state index is 12.1. The molecule has 0 heterocycles. The van der Waals surface area contributed by atoms with E-state index in [9.17, 15) is 33.6 Å². The average Bonchev–Trinajstić information content (AvgIpc) is 2.60. The fourth-order valence-corrected chi connectivity index (χ4v) is 1.77. The highest BCUT2D eigenvalue weighted by Gasteiger charge is 2.26. The summed E-state index contributed by atoms with van der Waals surface area (Å²) in [6.45, 7) is -1.78. The lowest BCUT2D eigenvalue weighted by atomic mass is 10.1. The first kappa shape index (κ1) is 25.2. The van der Waals surface area contributed by atoms with E-state index in [1.807, 2.05) is 5.32 Å². The minimum atomic E-state index is -1.47. The predicted octanol–water partition coefficient (Wildman–Crippen LogP) is -6.02. The fraction of sp³-hybridized carbons (Fsp3) is 0.500. The number of hydrogen-bond donors (Lipinski definition) is 8. The molecule has 0 aliphatic carbocycles. The Balaban J connectivity index is 4.59. The Bertz CT molecular complexity index is 681. The van der Waals surface area contributed by atoms with Gasteiger partial charge in [0.1, 0.15) is 12.6 Å². The number of carbonyl (C=O) groups is 7. The van der Waals surface area contributed by atoms with Gasteiger partial charge in [-0.15, -0.1) is 0 Å². The number of nitrogens with one attached hydrogen (secondary N) is 4. The second kappa shape index (κ2) is 12.6. The monoisotopic (exact) mass is 417 g/mol. The summed E-state index contributed by atoms with van der Waals surface area (Å²) in [4.78, 5) is 79.0. The summed E-state index contributed by atoms with van der Waals surface area (Å²) in [6.07, 6.45) is -1.11. The summed E-state index contributed by atoms with van der Waals surface area (Å²) >= 11 is 0. The Morgan fingerprint density at radius 3 is 1.69 bits per heavy atom. The predicted molar refractivity (Wildman–Crippen MR) is 94.2 cm³/mol. The van der Waals surface area contributed by atoms with E-state index >= 15 is 0 Å². The molecule has 29 heavy (non-hydrogen) atoms. The van der Waals surface area contributed by atoms with Crippen LogP contribution in [0, 0.1) is 0 Å². The van der Waals surface area contributed by atoms with Crippen molar-refractivity contribution in [3.63, 3.8) is 0 Å². The number of nitrogens with two attached hydrogens (primary N) is 3. The van der Waals surface area contributed by atoms with E-state index in [1.54, 1.807) is 0 Å². The first-order chi connectivity index (χ1) is 13.4. The second-order valence-electron chi connectivity index (χ2n) is 5.67. The average molecular weight is 417 g/mol. The quantitative estimate of drug-likeness (QED) is 0.141. The fourth-order valence-electron chi connectivity index (χ4n) is 1.77. The SMILES string of the molecule is NC(=O)C[C@H](NC(=O)[C@@H](N)CC(N)=O)C(=O)NCC(=O)NCC(=O)NCC(=O)O. The smallest absolute Gasteiger partial charge is 0.322 e. The number of carboxylic acid groups (broad SMARTS) is 1. The normalized spacial score (nSPS) is 12.0. The van der Waals surface area contributed by atoms with Gasteiger partial charge in [-0.25, -0.2) is 0 Å². The van der Waals surface area contributed by atoms with Gasteiger partial charge in [-0.1, -0.05) is 0 Å². The molecule has 0 radical (unpaired) electrons. The minimum absolute atomic E-state index is 0.497. The third-order valence-electron chi connectivity index (χ3n) is 3.10. The maximum absolute atomic E-state index is 12.1. The molecule has 0 aliphatic rings. The number of rotatable bonds is 13. The lowest BCUT2D eigenvalue weighted by molar-refractivity contribution is -0.137. The van der Waals surface area contributed by atoms with Crippen molar-refractivity contribution in [2.24, 2.45) is 17.2 Å². The molecule has 0 aromatic rings. The zero-order valence-electron chi connectivity index (χ0n) is 15.2. The molecule has 2 atom stereocenters. The Hall–Kier alpha value is -3.75. The van der Waals surface area contributed by atoms with Gasteiger partial charge in [-0.3, -0.25) is 33.6 Å². The zero-order valence-corrected chi connectivity index (χ0v) is 15.2. The van der Waals surface area contributed by atoms with Crippen LogP contribution in [0.5, 0.6) is 0 Å². The van der Waals surface area contributed by atoms with Gasteiger partial charge in [-0.2, -0.15) is 0 Å². The van der Waals surface area contributed by atoms with E-state index in [2.05, 4.69) is 16.0 Å². The lowest BCUT2D eigenvalue weighted by Gasteiger charge is -2.19. The Kier molecular flexibility index (Phi) is 11.0. The van der Waals surface area contributed by atoms with Gasteiger partial charge >= 0.3 is 5.97 Å². The molecule has 0 saturated carbocycles. The number of carbonyl (C=O) groups excluding carboxylic acids is 6. The van der Waals surface area contributed by atoms with Crippen molar-refractivity contribution < 1.29 is 38.7 Å². The molecule has 0 unspecified atom stereocenters. The highest BCUT2D eigenvalue weighted by Crippen LogP contribution is 1.95. The first-order valence-corrected chi connectivity index (χ1v) is 8.07. The summed E-state index contributed by atoms with van der Waals surface area (Å²) in [5.41, 5.74) is 15.4. The number of hydrogen-bond acceptors (Lipinski definition) is 8. The molecular weight excluding hydrogens is 394 g/mol. The van der Waals surface area contributed by atoms with Crippen LogP contribution in [0.4, 0.5) is 0 Å². The molecule has 0 aromatic carbocycles. The van der Waals surface area contributed by atoms with E-state index < -0.39 is 86.0 Å². The topological polar surface area (TPSA) is 266 Å². The van der Waals surface area contributed by atoms with Gasteiger partial charge in [0.25, 0.3) is 0 Å². The van der Waals surface area contributed by atoms with Crippen molar-refractivity contribution in [1.29, 1.82) is 0 Å². The van der Waals surface area contributed by atoms with Crippen molar-refractivity contribution in [3.8, 4) is 0 Å². The third-order valence-corrected chi connectivity index (χ3v) is 3.10. The molecule has 15 heteroatoms. The minimum Gasteiger partial charge on any atom is -0.480 e. The van der Waals surface area contributed by atoms with Crippen molar-refractivity contribution in [3.05, 3.63) is 0 Å². The number of aliphatic carboxylic acids is 1. The number of primary amides is 2. The highest BCUT2D eigenvalue weighted by atomic mass is 16.4. The third kappa shape index (κ3) is 12.3. The van der Waals surface area contributed by atoms with E-state index in [1.165, 1.54) is 0 Å². The van der Waals surface area contributed by atoms with Crippen molar-refractivity contribution in [2.45, 2.75) is 24.9 Å². The van der Waals surface area contributed by atoms with Crippen LogP contribution < -0.4 is 38.5 Å². The largest absolute Gasteiger partial charge is 0.480 e. The molecule has 0 saturated heterocycles. The molecular formula is C14H23N7O8. The Morgan fingerprint density at radius 1 is 0.724 bits per heavy atom. The zero-order chi connectivity index (χ0) is 22.6. The molecule has 0 fully saturated rings. The van der Waals surface area contributed by atoms with Crippen LogP contribution in [0.15, 0.2) is 0 Å². The van der Waals surface area contributed by atoms with Crippen molar-refractivity contribution in [1.82, 2.24) is 21.3 Å². The standard InChI is InChI=1S/C14H23N7O8/c15-6(1-8(16)22)13(28)21-7(2-9(17)23)14(29)20-4-11(25)18-3-10(24)19-5-12(26)27/h6-7H,1-5,15H2,(H2,16,22)(H2,17,23)(H,18,25)(H,19,24)(H,20,29)(H,21,28)(H,26,27)/t6-,7-/m0/s1. The van der Waals surface area contributed by atoms with Gasteiger partial charge in [0.15, 0.2) is 0 Å². The maximum Gasteiger partial charge on any atom is 0.322 e. The van der Waals surface area contributed by atoms with Gasteiger partial charge < -0.3 is 43.6 Å². The van der Waals surface area contributed by atoms with E-state index in [4.69, 9.17) is 22.3 Å².